The van der Waals surface area contributed by atoms with Gasteiger partial charge < -0.3 is 14.2 Å². The maximum atomic E-state index is 12.0. The molecule has 122 valence electrons. The number of nitrogens with zero attached hydrogens (tertiary/aromatic N) is 3. The molecule has 0 aliphatic heterocycles. The van der Waals surface area contributed by atoms with Crippen molar-refractivity contribution >= 4 is 17.7 Å². The predicted molar refractivity (Wildman–Crippen MR) is 84.5 cm³/mol. The second-order valence-electron chi connectivity index (χ2n) is 5.57. The van der Waals surface area contributed by atoms with Crippen LogP contribution in [0.25, 0.3) is 11.5 Å². The molecule has 8 heteroatoms. The number of nitrogens with one attached hydrogen (secondary N) is 1. The summed E-state index contributed by atoms with van der Waals surface area (Å²) in [6, 6.07) is 3.87. The Bertz CT molecular complexity index is 731. The molecular weight excluding hydrogens is 316 g/mol. The van der Waals surface area contributed by atoms with Gasteiger partial charge in [0.05, 0.1) is 23.6 Å². The van der Waals surface area contributed by atoms with Crippen molar-refractivity contribution in [3.63, 3.8) is 0 Å². The third kappa shape index (κ3) is 3.93. The largest absolute Gasteiger partial charge is 0.469 e. The number of carbonyl (C=O) groups is 1. The van der Waals surface area contributed by atoms with E-state index in [1.165, 1.54) is 0 Å². The normalized spacial score (nSPS) is 13.6. The minimum atomic E-state index is -0.897. The van der Waals surface area contributed by atoms with E-state index < -0.39 is 5.54 Å². The molecule has 0 aliphatic rings. The summed E-state index contributed by atoms with van der Waals surface area (Å²) in [5, 5.41) is 20.1. The Morgan fingerprint density at radius 1 is 1.52 bits per heavy atom. The maximum absolute atomic E-state index is 12.0. The van der Waals surface area contributed by atoms with Gasteiger partial charge in [0.15, 0.2) is 0 Å². The number of hydrogen-bond donors (Lipinski definition) is 1. The standard InChI is InChI=1S/C15H18N4O3S/c1-9(2)15(4,8-16)17-12(20)7-23-14-19-18-13(22-14)11-5-6-21-10(11)3/h5-6,9H,7H2,1-4H3,(H,17,20). The van der Waals surface area contributed by atoms with Crippen LogP contribution >= 0.6 is 11.8 Å². The molecule has 7 nitrogen and oxygen atoms in total. The first-order valence-corrected chi connectivity index (χ1v) is 8.07. The summed E-state index contributed by atoms with van der Waals surface area (Å²) in [5.74, 6) is 0.871. The van der Waals surface area contributed by atoms with Crippen molar-refractivity contribution < 1.29 is 13.6 Å². The molecule has 2 rings (SSSR count). The van der Waals surface area contributed by atoms with Gasteiger partial charge in [-0.2, -0.15) is 5.26 Å². The summed E-state index contributed by atoms with van der Waals surface area (Å²) in [7, 11) is 0. The van der Waals surface area contributed by atoms with Crippen LogP contribution in [0.4, 0.5) is 0 Å². The van der Waals surface area contributed by atoms with E-state index in [0.29, 0.717) is 16.9 Å². The van der Waals surface area contributed by atoms with E-state index in [9.17, 15) is 10.1 Å². The van der Waals surface area contributed by atoms with E-state index in [0.717, 1.165) is 17.3 Å². The van der Waals surface area contributed by atoms with Crippen LogP contribution in [-0.2, 0) is 4.79 Å². The average Bonchev–Trinajstić information content (AvgIpc) is 3.13. The van der Waals surface area contributed by atoms with E-state index in [4.69, 9.17) is 8.83 Å². The van der Waals surface area contributed by atoms with Crippen molar-refractivity contribution in [3.8, 4) is 17.5 Å². The number of thioether (sulfide) groups is 1. The zero-order chi connectivity index (χ0) is 17.0. The van der Waals surface area contributed by atoms with Crippen molar-refractivity contribution in [3.05, 3.63) is 18.1 Å². The average molecular weight is 334 g/mol. The predicted octanol–water partition coefficient (Wildman–Crippen LogP) is 2.78. The highest BCUT2D eigenvalue weighted by Crippen LogP contribution is 2.26. The third-order valence-corrected chi connectivity index (χ3v) is 4.43. The molecule has 1 unspecified atom stereocenters. The highest BCUT2D eigenvalue weighted by molar-refractivity contribution is 7.99. The Labute approximate surface area is 138 Å². The van der Waals surface area contributed by atoms with Gasteiger partial charge in [-0.3, -0.25) is 4.79 Å². The number of carbonyl (C=O) groups excluding carboxylic acids is 1. The van der Waals surface area contributed by atoms with Gasteiger partial charge in [-0.1, -0.05) is 25.6 Å². The molecule has 0 bridgehead atoms. The molecule has 0 spiro atoms. The van der Waals surface area contributed by atoms with Crippen LogP contribution in [0.3, 0.4) is 0 Å². The van der Waals surface area contributed by atoms with E-state index in [2.05, 4.69) is 21.6 Å². The lowest BCUT2D eigenvalue weighted by atomic mass is 9.90. The van der Waals surface area contributed by atoms with E-state index in [-0.39, 0.29) is 17.6 Å². The molecule has 23 heavy (non-hydrogen) atoms. The van der Waals surface area contributed by atoms with Crippen LogP contribution in [-0.4, -0.2) is 27.4 Å². The van der Waals surface area contributed by atoms with Gasteiger partial charge in [0.2, 0.25) is 5.91 Å². The van der Waals surface area contributed by atoms with Crippen molar-refractivity contribution in [2.24, 2.45) is 5.92 Å². The van der Waals surface area contributed by atoms with Gasteiger partial charge in [0.25, 0.3) is 11.1 Å². The minimum Gasteiger partial charge on any atom is -0.469 e. The van der Waals surface area contributed by atoms with Gasteiger partial charge in [0, 0.05) is 0 Å². The molecule has 1 N–H and O–H groups in total. The van der Waals surface area contributed by atoms with Crippen LogP contribution in [0.2, 0.25) is 0 Å². The topological polar surface area (TPSA) is 105 Å². The Hall–Kier alpha value is -2.27. The minimum absolute atomic E-state index is 0.000485. The van der Waals surface area contributed by atoms with Crippen LogP contribution in [0.1, 0.15) is 26.5 Å². The fraction of sp³-hybridized carbons (Fsp3) is 0.467. The summed E-state index contributed by atoms with van der Waals surface area (Å²) >= 11 is 1.12. The number of furan rings is 1. The molecular formula is C15H18N4O3S. The van der Waals surface area contributed by atoms with Gasteiger partial charge >= 0.3 is 0 Å². The Balaban J connectivity index is 1.95. The zero-order valence-electron chi connectivity index (χ0n) is 13.4. The van der Waals surface area contributed by atoms with E-state index in [1.54, 1.807) is 26.2 Å². The summed E-state index contributed by atoms with van der Waals surface area (Å²) in [6.45, 7) is 7.27. The molecule has 1 atom stereocenters. The maximum Gasteiger partial charge on any atom is 0.277 e. The lowest BCUT2D eigenvalue weighted by Crippen LogP contribution is -2.49. The summed E-state index contributed by atoms with van der Waals surface area (Å²) in [6.07, 6.45) is 1.55. The third-order valence-electron chi connectivity index (χ3n) is 3.61. The molecule has 2 heterocycles. The van der Waals surface area contributed by atoms with Gasteiger partial charge in [-0.25, -0.2) is 0 Å². The van der Waals surface area contributed by atoms with Crippen molar-refractivity contribution in [1.29, 1.82) is 5.26 Å². The summed E-state index contributed by atoms with van der Waals surface area (Å²) in [4.78, 5) is 12.0. The first-order chi connectivity index (χ1) is 10.9. The summed E-state index contributed by atoms with van der Waals surface area (Å²) < 4.78 is 10.7. The van der Waals surface area contributed by atoms with E-state index >= 15 is 0 Å². The molecule has 2 aromatic heterocycles. The lowest BCUT2D eigenvalue weighted by molar-refractivity contribution is -0.120. The number of hydrogen-bond acceptors (Lipinski definition) is 7. The second kappa shape index (κ2) is 6.87. The molecule has 0 saturated carbocycles. The van der Waals surface area contributed by atoms with Crippen molar-refractivity contribution in [2.45, 2.75) is 38.5 Å². The van der Waals surface area contributed by atoms with E-state index in [1.807, 2.05) is 13.8 Å². The van der Waals surface area contributed by atoms with Gasteiger partial charge in [-0.05, 0) is 25.8 Å². The van der Waals surface area contributed by atoms with Crippen LogP contribution in [0, 0.1) is 24.2 Å². The number of amides is 1. The molecule has 0 saturated heterocycles. The number of nitriles is 1. The fourth-order valence-electron chi connectivity index (χ4n) is 1.74. The molecule has 2 aromatic rings. The first-order valence-electron chi connectivity index (χ1n) is 7.08. The van der Waals surface area contributed by atoms with Crippen molar-refractivity contribution in [1.82, 2.24) is 15.5 Å². The van der Waals surface area contributed by atoms with Gasteiger partial charge in [0.1, 0.15) is 11.3 Å². The Kier molecular flexibility index (Phi) is 5.11. The molecule has 0 aromatic carbocycles. The van der Waals surface area contributed by atoms with Crippen LogP contribution < -0.4 is 5.32 Å². The monoisotopic (exact) mass is 334 g/mol. The number of aryl methyl sites for hydroxylation is 1. The SMILES string of the molecule is Cc1occc1-c1nnc(SCC(=O)NC(C)(C#N)C(C)C)o1. The highest BCUT2D eigenvalue weighted by atomic mass is 32.2. The van der Waals surface area contributed by atoms with Crippen LogP contribution in [0.15, 0.2) is 26.4 Å². The Morgan fingerprint density at radius 3 is 2.83 bits per heavy atom. The molecule has 1 amide bonds. The molecule has 0 fully saturated rings. The zero-order valence-corrected chi connectivity index (χ0v) is 14.2. The fourth-order valence-corrected chi connectivity index (χ4v) is 2.30. The lowest BCUT2D eigenvalue weighted by Gasteiger charge is -2.27. The molecule has 0 radical (unpaired) electrons. The highest BCUT2D eigenvalue weighted by Gasteiger charge is 2.30. The second-order valence-corrected chi connectivity index (χ2v) is 6.50. The quantitative estimate of drug-likeness (QED) is 0.810. The first kappa shape index (κ1) is 17.1. The Morgan fingerprint density at radius 2 is 2.26 bits per heavy atom. The molecule has 0 aliphatic carbocycles. The summed E-state index contributed by atoms with van der Waals surface area (Å²) in [5.41, 5.74) is -0.170. The smallest absolute Gasteiger partial charge is 0.277 e. The number of aromatic nitrogens is 2. The van der Waals surface area contributed by atoms with Crippen molar-refractivity contribution in [2.75, 3.05) is 5.75 Å². The number of rotatable bonds is 6. The van der Waals surface area contributed by atoms with Crippen LogP contribution in [0.5, 0.6) is 0 Å². The van der Waals surface area contributed by atoms with Gasteiger partial charge in [-0.15, -0.1) is 10.2 Å².